The van der Waals surface area contributed by atoms with E-state index in [9.17, 15) is 4.79 Å². The van der Waals surface area contributed by atoms with Gasteiger partial charge in [-0.05, 0) is 49.9 Å². The Kier molecular flexibility index (Phi) is 4.20. The molecule has 0 saturated heterocycles. The molecule has 0 aromatic heterocycles. The van der Waals surface area contributed by atoms with E-state index in [1.54, 1.807) is 19.2 Å². The lowest BCUT2D eigenvalue weighted by Gasteiger charge is -2.28. The second-order valence-corrected chi connectivity index (χ2v) is 4.80. The number of hydrogen-bond donors (Lipinski definition) is 2. The third-order valence-electron chi connectivity index (χ3n) is 3.55. The largest absolute Gasteiger partial charge is 0.382 e. The number of carbonyl (C=O) groups excluding carboxylic acids is 1. The molecule has 1 saturated carbocycles. The predicted molar refractivity (Wildman–Crippen MR) is 71.6 cm³/mol. The Morgan fingerprint density at radius 1 is 1.22 bits per heavy atom. The lowest BCUT2D eigenvalue weighted by atomic mass is 9.93. The van der Waals surface area contributed by atoms with Crippen LogP contribution >= 0.6 is 0 Å². The number of amides is 1. The fraction of sp³-hybridized carbons (Fsp3) is 0.500. The number of hydrogen-bond acceptors (Lipinski definition) is 3. The third-order valence-corrected chi connectivity index (χ3v) is 3.55. The van der Waals surface area contributed by atoms with E-state index in [0.717, 1.165) is 31.4 Å². The molecule has 1 aromatic rings. The fourth-order valence-electron chi connectivity index (χ4n) is 2.41. The molecule has 2 rings (SSSR count). The van der Waals surface area contributed by atoms with Crippen LogP contribution in [0.4, 0.5) is 5.69 Å². The predicted octanol–water partition coefficient (Wildman–Crippen LogP) is 2.16. The molecular formula is C14H20N2O2. The number of methoxy groups -OCH3 is 1. The van der Waals surface area contributed by atoms with Gasteiger partial charge in [-0.3, -0.25) is 4.79 Å². The van der Waals surface area contributed by atoms with Gasteiger partial charge in [-0.1, -0.05) is 0 Å². The summed E-state index contributed by atoms with van der Waals surface area (Å²) in [4.78, 5) is 11.0. The van der Waals surface area contributed by atoms with E-state index in [2.05, 4.69) is 5.32 Å². The minimum atomic E-state index is -0.387. The summed E-state index contributed by atoms with van der Waals surface area (Å²) in [5, 5.41) is 3.48. The summed E-state index contributed by atoms with van der Waals surface area (Å²) in [6, 6.07) is 7.82. The van der Waals surface area contributed by atoms with Crippen LogP contribution in [0.15, 0.2) is 24.3 Å². The zero-order valence-electron chi connectivity index (χ0n) is 10.7. The second-order valence-electron chi connectivity index (χ2n) is 4.80. The Bertz CT molecular complexity index is 395. The lowest BCUT2D eigenvalue weighted by Crippen LogP contribution is -2.29. The molecule has 1 aliphatic carbocycles. The first kappa shape index (κ1) is 12.9. The number of benzene rings is 1. The first-order valence-electron chi connectivity index (χ1n) is 6.38. The SMILES string of the molecule is COC1CCC(Nc2ccc(C(N)=O)cc2)CC1. The highest BCUT2D eigenvalue weighted by Crippen LogP contribution is 2.23. The highest BCUT2D eigenvalue weighted by molar-refractivity contribution is 5.93. The van der Waals surface area contributed by atoms with Gasteiger partial charge >= 0.3 is 0 Å². The van der Waals surface area contributed by atoms with Crippen LogP contribution in [0.3, 0.4) is 0 Å². The maximum Gasteiger partial charge on any atom is 0.248 e. The fourth-order valence-corrected chi connectivity index (χ4v) is 2.41. The van der Waals surface area contributed by atoms with Crippen LogP contribution in [0, 0.1) is 0 Å². The van der Waals surface area contributed by atoms with E-state index in [4.69, 9.17) is 10.5 Å². The maximum absolute atomic E-state index is 11.0. The summed E-state index contributed by atoms with van der Waals surface area (Å²) in [7, 11) is 1.78. The van der Waals surface area contributed by atoms with Gasteiger partial charge in [0.05, 0.1) is 6.10 Å². The summed E-state index contributed by atoms with van der Waals surface area (Å²) in [6.45, 7) is 0. The molecule has 1 fully saturated rings. The van der Waals surface area contributed by atoms with Crippen LogP contribution in [0.25, 0.3) is 0 Å². The van der Waals surface area contributed by atoms with Crippen LogP contribution in [0.1, 0.15) is 36.0 Å². The number of primary amides is 1. The molecule has 0 bridgehead atoms. The molecule has 0 heterocycles. The van der Waals surface area contributed by atoms with Crippen LogP contribution < -0.4 is 11.1 Å². The topological polar surface area (TPSA) is 64.3 Å². The molecule has 0 radical (unpaired) electrons. The number of anilines is 1. The lowest BCUT2D eigenvalue weighted by molar-refractivity contribution is 0.0682. The molecule has 18 heavy (non-hydrogen) atoms. The highest BCUT2D eigenvalue weighted by atomic mass is 16.5. The van der Waals surface area contributed by atoms with E-state index in [1.807, 2.05) is 12.1 Å². The van der Waals surface area contributed by atoms with Crippen LogP contribution in [0.2, 0.25) is 0 Å². The minimum Gasteiger partial charge on any atom is -0.382 e. The average Bonchev–Trinajstić information content (AvgIpc) is 2.40. The quantitative estimate of drug-likeness (QED) is 0.858. The molecule has 4 heteroatoms. The van der Waals surface area contributed by atoms with Gasteiger partial charge in [-0.25, -0.2) is 0 Å². The summed E-state index contributed by atoms with van der Waals surface area (Å²) < 4.78 is 5.35. The van der Waals surface area contributed by atoms with Crippen molar-refractivity contribution < 1.29 is 9.53 Å². The Labute approximate surface area is 108 Å². The van der Waals surface area contributed by atoms with Crippen molar-refractivity contribution in [2.75, 3.05) is 12.4 Å². The van der Waals surface area contributed by atoms with Crippen molar-refractivity contribution in [3.63, 3.8) is 0 Å². The Balaban J connectivity index is 1.88. The van der Waals surface area contributed by atoms with Crippen LogP contribution in [0.5, 0.6) is 0 Å². The van der Waals surface area contributed by atoms with E-state index in [-0.39, 0.29) is 5.91 Å². The molecule has 4 nitrogen and oxygen atoms in total. The molecule has 98 valence electrons. The normalized spacial score (nSPS) is 23.6. The minimum absolute atomic E-state index is 0.387. The molecule has 1 aliphatic rings. The molecule has 0 atom stereocenters. The number of nitrogens with two attached hydrogens (primary N) is 1. The zero-order valence-corrected chi connectivity index (χ0v) is 10.7. The van der Waals surface area contributed by atoms with Gasteiger partial charge in [0, 0.05) is 24.4 Å². The molecular weight excluding hydrogens is 228 g/mol. The Hall–Kier alpha value is -1.55. The third kappa shape index (κ3) is 3.23. The van der Waals surface area contributed by atoms with Crippen molar-refractivity contribution in [3.05, 3.63) is 29.8 Å². The van der Waals surface area contributed by atoms with Crippen molar-refractivity contribution in [2.45, 2.75) is 37.8 Å². The first-order chi connectivity index (χ1) is 8.69. The van der Waals surface area contributed by atoms with Crippen molar-refractivity contribution in [1.82, 2.24) is 0 Å². The molecule has 0 unspecified atom stereocenters. The van der Waals surface area contributed by atoms with E-state index >= 15 is 0 Å². The number of nitrogens with one attached hydrogen (secondary N) is 1. The highest BCUT2D eigenvalue weighted by Gasteiger charge is 2.20. The van der Waals surface area contributed by atoms with Gasteiger partial charge in [-0.2, -0.15) is 0 Å². The Morgan fingerprint density at radius 3 is 2.33 bits per heavy atom. The monoisotopic (exact) mass is 248 g/mol. The Morgan fingerprint density at radius 2 is 1.83 bits per heavy atom. The van der Waals surface area contributed by atoms with Crippen molar-refractivity contribution in [2.24, 2.45) is 5.73 Å². The second kappa shape index (κ2) is 5.87. The summed E-state index contributed by atoms with van der Waals surface area (Å²) in [5.74, 6) is -0.387. The number of ether oxygens (including phenoxy) is 1. The summed E-state index contributed by atoms with van der Waals surface area (Å²) >= 11 is 0. The smallest absolute Gasteiger partial charge is 0.248 e. The van der Waals surface area contributed by atoms with Gasteiger partial charge in [0.2, 0.25) is 5.91 Å². The van der Waals surface area contributed by atoms with Crippen molar-refractivity contribution >= 4 is 11.6 Å². The molecule has 3 N–H and O–H groups in total. The van der Waals surface area contributed by atoms with Crippen molar-refractivity contribution in [1.29, 1.82) is 0 Å². The molecule has 1 amide bonds. The van der Waals surface area contributed by atoms with E-state index in [1.165, 1.54) is 0 Å². The summed E-state index contributed by atoms with van der Waals surface area (Å²) in [6.07, 6.45) is 4.87. The van der Waals surface area contributed by atoms with Gasteiger partial charge < -0.3 is 15.8 Å². The van der Waals surface area contributed by atoms with Gasteiger partial charge in [0.15, 0.2) is 0 Å². The molecule has 1 aromatic carbocycles. The first-order valence-corrected chi connectivity index (χ1v) is 6.38. The van der Waals surface area contributed by atoms with E-state index in [0.29, 0.717) is 17.7 Å². The molecule has 0 spiro atoms. The average molecular weight is 248 g/mol. The number of rotatable bonds is 4. The van der Waals surface area contributed by atoms with Crippen LogP contribution in [-0.2, 0) is 4.74 Å². The van der Waals surface area contributed by atoms with Gasteiger partial charge in [0.25, 0.3) is 0 Å². The standard InChI is InChI=1S/C14H20N2O2/c1-18-13-8-6-12(7-9-13)16-11-4-2-10(3-5-11)14(15)17/h2-5,12-13,16H,6-9H2,1H3,(H2,15,17). The number of carbonyl (C=O) groups is 1. The van der Waals surface area contributed by atoms with Gasteiger partial charge in [-0.15, -0.1) is 0 Å². The van der Waals surface area contributed by atoms with Gasteiger partial charge in [0.1, 0.15) is 0 Å². The zero-order chi connectivity index (χ0) is 13.0. The summed E-state index contributed by atoms with van der Waals surface area (Å²) in [5.41, 5.74) is 6.79. The van der Waals surface area contributed by atoms with E-state index < -0.39 is 0 Å². The van der Waals surface area contributed by atoms with Crippen LogP contribution in [-0.4, -0.2) is 25.2 Å². The van der Waals surface area contributed by atoms with Crippen molar-refractivity contribution in [3.8, 4) is 0 Å². The maximum atomic E-state index is 11.0. The molecule has 0 aliphatic heterocycles.